The maximum absolute atomic E-state index is 12.5. The van der Waals surface area contributed by atoms with Crippen molar-refractivity contribution in [2.24, 2.45) is 0 Å². The summed E-state index contributed by atoms with van der Waals surface area (Å²) in [6.07, 6.45) is 0. The van der Waals surface area contributed by atoms with Crippen molar-refractivity contribution >= 4 is 23.2 Å². The van der Waals surface area contributed by atoms with E-state index in [2.05, 4.69) is 5.10 Å². The summed E-state index contributed by atoms with van der Waals surface area (Å²) in [6, 6.07) is 14.6. The first-order chi connectivity index (χ1) is 13.1. The molecule has 2 heterocycles. The molecule has 1 aliphatic rings. The SMILES string of the molecule is COc1ccc(N2CCn3c2nn(Cc2cccc(Cl)c2)c(=O)c3=O)cc1. The van der Waals surface area contributed by atoms with Crippen LogP contribution in [0.4, 0.5) is 11.6 Å². The Hall–Kier alpha value is -3.06. The Kier molecular flexibility index (Phi) is 4.45. The number of ether oxygens (including phenoxy) is 1. The molecule has 3 aromatic rings. The van der Waals surface area contributed by atoms with Gasteiger partial charge in [0.2, 0.25) is 5.95 Å². The lowest BCUT2D eigenvalue weighted by molar-refractivity contribution is 0.415. The Bertz CT molecular complexity index is 1110. The minimum absolute atomic E-state index is 0.179. The van der Waals surface area contributed by atoms with Gasteiger partial charge in [0.15, 0.2) is 0 Å². The molecule has 27 heavy (non-hydrogen) atoms. The van der Waals surface area contributed by atoms with Crippen LogP contribution in [0.15, 0.2) is 58.1 Å². The fraction of sp³-hybridized carbons (Fsp3) is 0.211. The standard InChI is InChI=1S/C19H17ClN4O3/c1-27-16-7-5-15(6-8-16)22-9-10-23-17(25)18(26)24(21-19(22)23)12-13-3-2-4-14(20)11-13/h2-8,11H,9-10,12H2,1H3. The van der Waals surface area contributed by atoms with Crippen molar-refractivity contribution in [3.05, 3.63) is 79.8 Å². The maximum Gasteiger partial charge on any atom is 0.333 e. The molecule has 0 bridgehead atoms. The molecular formula is C19H17ClN4O3. The molecular weight excluding hydrogens is 368 g/mol. The van der Waals surface area contributed by atoms with Gasteiger partial charge in [-0.1, -0.05) is 23.7 Å². The molecule has 7 nitrogen and oxygen atoms in total. The Balaban J connectivity index is 1.75. The minimum Gasteiger partial charge on any atom is -0.497 e. The monoisotopic (exact) mass is 384 g/mol. The third kappa shape index (κ3) is 3.21. The average Bonchev–Trinajstić information content (AvgIpc) is 3.10. The molecule has 1 aliphatic heterocycles. The zero-order chi connectivity index (χ0) is 19.0. The second-order valence-electron chi connectivity index (χ2n) is 6.20. The van der Waals surface area contributed by atoms with E-state index in [0.29, 0.717) is 24.1 Å². The zero-order valence-electron chi connectivity index (χ0n) is 14.6. The quantitative estimate of drug-likeness (QED) is 0.645. The normalized spacial score (nSPS) is 12.9. The third-order valence-electron chi connectivity index (χ3n) is 4.51. The van der Waals surface area contributed by atoms with Crippen LogP contribution in [0.25, 0.3) is 0 Å². The number of hydrogen-bond acceptors (Lipinski definition) is 5. The summed E-state index contributed by atoms with van der Waals surface area (Å²) < 4.78 is 7.80. The molecule has 0 atom stereocenters. The van der Waals surface area contributed by atoms with Gasteiger partial charge in [-0.2, -0.15) is 0 Å². The van der Waals surface area contributed by atoms with Crippen molar-refractivity contribution in [1.29, 1.82) is 0 Å². The van der Waals surface area contributed by atoms with Gasteiger partial charge in [-0.05, 0) is 42.0 Å². The lowest BCUT2D eigenvalue weighted by atomic mass is 10.2. The Morgan fingerprint density at radius 1 is 1.07 bits per heavy atom. The van der Waals surface area contributed by atoms with E-state index in [-0.39, 0.29) is 6.54 Å². The van der Waals surface area contributed by atoms with Gasteiger partial charge in [-0.15, -0.1) is 5.10 Å². The van der Waals surface area contributed by atoms with Crippen LogP contribution in [0.2, 0.25) is 5.02 Å². The van der Waals surface area contributed by atoms with Crippen molar-refractivity contribution < 1.29 is 4.74 Å². The summed E-state index contributed by atoms with van der Waals surface area (Å²) in [5.41, 5.74) is 0.464. The summed E-state index contributed by atoms with van der Waals surface area (Å²) in [5.74, 6) is 1.20. The molecule has 138 valence electrons. The van der Waals surface area contributed by atoms with Gasteiger partial charge in [0.1, 0.15) is 5.75 Å². The van der Waals surface area contributed by atoms with Gasteiger partial charge in [-0.25, -0.2) is 4.68 Å². The first-order valence-electron chi connectivity index (χ1n) is 8.45. The van der Waals surface area contributed by atoms with Gasteiger partial charge < -0.3 is 9.64 Å². The molecule has 4 rings (SSSR count). The molecule has 0 fully saturated rings. The maximum atomic E-state index is 12.5. The van der Waals surface area contributed by atoms with Crippen LogP contribution in [-0.4, -0.2) is 28.0 Å². The fourth-order valence-electron chi connectivity index (χ4n) is 3.15. The topological polar surface area (TPSA) is 69.4 Å². The Labute approximate surface area is 160 Å². The predicted molar refractivity (Wildman–Crippen MR) is 103 cm³/mol. The number of rotatable bonds is 4. The van der Waals surface area contributed by atoms with Gasteiger partial charge in [0.05, 0.1) is 13.7 Å². The molecule has 0 aliphatic carbocycles. The minimum atomic E-state index is -0.643. The second kappa shape index (κ2) is 6.92. The number of fused-ring (bicyclic) bond motifs is 1. The van der Waals surface area contributed by atoms with E-state index < -0.39 is 11.1 Å². The average molecular weight is 385 g/mol. The molecule has 0 spiro atoms. The summed E-state index contributed by atoms with van der Waals surface area (Å²) in [6.45, 7) is 1.16. The highest BCUT2D eigenvalue weighted by Gasteiger charge is 2.26. The second-order valence-corrected chi connectivity index (χ2v) is 6.64. The van der Waals surface area contributed by atoms with Crippen molar-refractivity contribution in [2.75, 3.05) is 18.6 Å². The van der Waals surface area contributed by atoms with E-state index >= 15 is 0 Å². The van der Waals surface area contributed by atoms with Crippen molar-refractivity contribution in [1.82, 2.24) is 14.3 Å². The lowest BCUT2D eigenvalue weighted by Gasteiger charge is -2.18. The molecule has 0 radical (unpaired) electrons. The van der Waals surface area contributed by atoms with Gasteiger partial charge in [0, 0.05) is 23.8 Å². The first-order valence-corrected chi connectivity index (χ1v) is 8.82. The highest BCUT2D eigenvalue weighted by molar-refractivity contribution is 6.30. The number of halogens is 1. The van der Waals surface area contributed by atoms with Crippen LogP contribution < -0.4 is 20.8 Å². The number of methoxy groups -OCH3 is 1. The molecule has 0 amide bonds. The van der Waals surface area contributed by atoms with Crippen molar-refractivity contribution in [3.63, 3.8) is 0 Å². The molecule has 8 heteroatoms. The third-order valence-corrected chi connectivity index (χ3v) is 4.74. The van der Waals surface area contributed by atoms with Crippen LogP contribution in [0, 0.1) is 0 Å². The van der Waals surface area contributed by atoms with Crippen LogP contribution in [0.1, 0.15) is 5.56 Å². The van der Waals surface area contributed by atoms with Crippen LogP contribution in [0.5, 0.6) is 5.75 Å². The van der Waals surface area contributed by atoms with Gasteiger partial charge in [0.25, 0.3) is 0 Å². The fourth-order valence-corrected chi connectivity index (χ4v) is 3.36. The number of nitrogens with zero attached hydrogens (tertiary/aromatic N) is 4. The summed E-state index contributed by atoms with van der Waals surface area (Å²) in [4.78, 5) is 26.9. The molecule has 2 aromatic carbocycles. The van der Waals surface area contributed by atoms with E-state index in [1.165, 1.54) is 9.25 Å². The molecule has 0 unspecified atom stereocenters. The van der Waals surface area contributed by atoms with E-state index in [1.54, 1.807) is 25.3 Å². The van der Waals surface area contributed by atoms with Crippen molar-refractivity contribution in [3.8, 4) is 5.75 Å². The smallest absolute Gasteiger partial charge is 0.333 e. The summed E-state index contributed by atoms with van der Waals surface area (Å²) in [7, 11) is 1.61. The van der Waals surface area contributed by atoms with E-state index in [9.17, 15) is 9.59 Å². The Morgan fingerprint density at radius 3 is 2.56 bits per heavy atom. The van der Waals surface area contributed by atoms with Crippen LogP contribution in [0.3, 0.4) is 0 Å². The number of benzene rings is 2. The van der Waals surface area contributed by atoms with Gasteiger partial charge >= 0.3 is 11.1 Å². The first kappa shape index (κ1) is 17.4. The summed E-state index contributed by atoms with van der Waals surface area (Å²) >= 11 is 6.01. The molecule has 0 saturated heterocycles. The number of anilines is 2. The Morgan fingerprint density at radius 2 is 1.85 bits per heavy atom. The van der Waals surface area contributed by atoms with E-state index in [4.69, 9.17) is 16.3 Å². The number of hydrogen-bond donors (Lipinski definition) is 0. The molecule has 0 N–H and O–H groups in total. The highest BCUT2D eigenvalue weighted by Crippen LogP contribution is 2.28. The zero-order valence-corrected chi connectivity index (χ0v) is 15.4. The van der Waals surface area contributed by atoms with Crippen LogP contribution >= 0.6 is 11.6 Å². The largest absolute Gasteiger partial charge is 0.497 e. The van der Waals surface area contributed by atoms with Gasteiger partial charge in [-0.3, -0.25) is 14.2 Å². The van der Waals surface area contributed by atoms with E-state index in [1.807, 2.05) is 35.2 Å². The molecule has 0 saturated carbocycles. The summed E-state index contributed by atoms with van der Waals surface area (Å²) in [5, 5.41) is 5.03. The van der Waals surface area contributed by atoms with Crippen LogP contribution in [-0.2, 0) is 13.1 Å². The van der Waals surface area contributed by atoms with Crippen molar-refractivity contribution in [2.45, 2.75) is 13.1 Å². The lowest BCUT2D eigenvalue weighted by Crippen LogP contribution is -2.42. The molecule has 1 aromatic heterocycles. The predicted octanol–water partition coefficient (Wildman–Crippen LogP) is 2.27. The highest BCUT2D eigenvalue weighted by atomic mass is 35.5. The van der Waals surface area contributed by atoms with E-state index in [0.717, 1.165) is 17.0 Å². The number of aromatic nitrogens is 3.